The van der Waals surface area contributed by atoms with E-state index in [-0.39, 0.29) is 0 Å². The van der Waals surface area contributed by atoms with Crippen LogP contribution in [0, 0.1) is 11.8 Å². The maximum absolute atomic E-state index is 4.90. The molecule has 114 valence electrons. The first-order valence-electron chi connectivity index (χ1n) is 7.82. The minimum atomic E-state index is 0.497. The van der Waals surface area contributed by atoms with Crippen LogP contribution in [0.1, 0.15) is 57.5 Å². The number of thiazole rings is 1. The van der Waals surface area contributed by atoms with Gasteiger partial charge in [-0.2, -0.15) is 0 Å². The largest absolute Gasteiger partial charge is 0.351 e. The van der Waals surface area contributed by atoms with Gasteiger partial charge in [0.1, 0.15) is 0 Å². The highest BCUT2D eigenvalue weighted by atomic mass is 32.1. The summed E-state index contributed by atoms with van der Waals surface area (Å²) in [6, 6.07) is 0.519. The summed E-state index contributed by atoms with van der Waals surface area (Å²) >= 11 is 1.86. The lowest BCUT2D eigenvalue weighted by Gasteiger charge is -2.15. The van der Waals surface area contributed by atoms with E-state index >= 15 is 0 Å². The van der Waals surface area contributed by atoms with Crippen LogP contribution in [0.3, 0.4) is 0 Å². The molecule has 0 spiro atoms. The number of hydrogen-bond donors (Lipinski definition) is 1. The van der Waals surface area contributed by atoms with Crippen LogP contribution in [0.4, 0.5) is 5.13 Å². The minimum absolute atomic E-state index is 0.497. The topological polar surface area (TPSA) is 28.2 Å². The summed E-state index contributed by atoms with van der Waals surface area (Å²) in [7, 11) is 2.19. The Morgan fingerprint density at radius 1 is 1.35 bits per heavy atom. The molecule has 0 aliphatic heterocycles. The van der Waals surface area contributed by atoms with Crippen LogP contribution < -0.4 is 10.2 Å². The molecule has 20 heavy (non-hydrogen) atoms. The molecule has 1 N–H and O–H groups in total. The molecule has 1 fully saturated rings. The SMILES string of the molecule is CC(C)NCc1sc(N(C)CC2CC2C)nc1C(C)C. The normalized spacial score (nSPS) is 21.8. The molecule has 3 nitrogen and oxygen atoms in total. The molecule has 2 unspecified atom stereocenters. The maximum atomic E-state index is 4.90. The summed E-state index contributed by atoms with van der Waals surface area (Å²) in [6.07, 6.45) is 1.38. The molecule has 2 rings (SSSR count). The van der Waals surface area contributed by atoms with Crippen molar-refractivity contribution >= 4 is 16.5 Å². The van der Waals surface area contributed by atoms with Crippen LogP contribution in [0.15, 0.2) is 0 Å². The number of aromatic nitrogens is 1. The van der Waals surface area contributed by atoms with Crippen molar-refractivity contribution in [2.75, 3.05) is 18.5 Å². The highest BCUT2D eigenvalue weighted by molar-refractivity contribution is 7.15. The van der Waals surface area contributed by atoms with Gasteiger partial charge in [-0.1, -0.05) is 34.6 Å². The second-order valence-electron chi connectivity index (χ2n) is 6.85. The Morgan fingerprint density at radius 3 is 2.50 bits per heavy atom. The summed E-state index contributed by atoms with van der Waals surface area (Å²) in [4.78, 5) is 8.65. The highest BCUT2D eigenvalue weighted by Crippen LogP contribution is 2.39. The van der Waals surface area contributed by atoms with Crippen molar-refractivity contribution in [2.45, 2.75) is 59.5 Å². The molecule has 0 bridgehead atoms. The van der Waals surface area contributed by atoms with Gasteiger partial charge in [0.2, 0.25) is 0 Å². The standard InChI is InChI=1S/C16H29N3S/c1-10(2)15-14(8-17-11(3)4)20-16(18-15)19(6)9-13-7-12(13)5/h10-13,17H,7-9H2,1-6H3. The Hall–Kier alpha value is -0.610. The van der Waals surface area contributed by atoms with Gasteiger partial charge >= 0.3 is 0 Å². The predicted octanol–water partition coefficient (Wildman–Crippen LogP) is 3.86. The number of hydrogen-bond acceptors (Lipinski definition) is 4. The number of rotatable bonds is 7. The van der Waals surface area contributed by atoms with Crippen LogP contribution >= 0.6 is 11.3 Å². The molecule has 0 saturated heterocycles. The summed E-state index contributed by atoms with van der Waals surface area (Å²) in [5, 5.41) is 4.71. The molecule has 0 radical (unpaired) electrons. The first kappa shape index (κ1) is 15.8. The minimum Gasteiger partial charge on any atom is -0.351 e. The van der Waals surface area contributed by atoms with Gasteiger partial charge in [-0.15, -0.1) is 11.3 Å². The van der Waals surface area contributed by atoms with Crippen molar-refractivity contribution in [1.82, 2.24) is 10.3 Å². The first-order chi connectivity index (χ1) is 9.38. The van der Waals surface area contributed by atoms with Gasteiger partial charge in [-0.25, -0.2) is 4.98 Å². The molecular weight excluding hydrogens is 266 g/mol. The highest BCUT2D eigenvalue weighted by Gasteiger charge is 2.33. The van der Waals surface area contributed by atoms with E-state index in [0.717, 1.165) is 24.9 Å². The van der Waals surface area contributed by atoms with Crippen LogP contribution in [-0.2, 0) is 6.54 Å². The number of nitrogens with one attached hydrogen (secondary N) is 1. The van der Waals surface area contributed by atoms with Crippen molar-refractivity contribution in [3.63, 3.8) is 0 Å². The van der Waals surface area contributed by atoms with Crippen LogP contribution in [-0.4, -0.2) is 24.6 Å². The van der Waals surface area contributed by atoms with E-state index in [9.17, 15) is 0 Å². The molecule has 1 saturated carbocycles. The van der Waals surface area contributed by atoms with Gasteiger partial charge < -0.3 is 10.2 Å². The van der Waals surface area contributed by atoms with E-state index in [4.69, 9.17) is 4.98 Å². The lowest BCUT2D eigenvalue weighted by Crippen LogP contribution is -2.22. The fourth-order valence-electron chi connectivity index (χ4n) is 2.47. The molecule has 2 atom stereocenters. The molecule has 4 heteroatoms. The average Bonchev–Trinajstić information content (AvgIpc) is 2.91. The van der Waals surface area contributed by atoms with E-state index in [0.29, 0.717) is 12.0 Å². The Balaban J connectivity index is 2.06. The zero-order valence-electron chi connectivity index (χ0n) is 13.7. The molecular formula is C16H29N3S. The third-order valence-corrected chi connectivity index (χ3v) is 5.23. The predicted molar refractivity (Wildman–Crippen MR) is 88.7 cm³/mol. The second-order valence-corrected chi connectivity index (χ2v) is 7.91. The maximum Gasteiger partial charge on any atom is 0.185 e. The van der Waals surface area contributed by atoms with Gasteiger partial charge in [0.15, 0.2) is 5.13 Å². The summed E-state index contributed by atoms with van der Waals surface area (Å²) in [6.45, 7) is 13.3. The van der Waals surface area contributed by atoms with Crippen LogP contribution in [0.2, 0.25) is 0 Å². The lowest BCUT2D eigenvalue weighted by atomic mass is 10.1. The smallest absolute Gasteiger partial charge is 0.185 e. The van der Waals surface area contributed by atoms with Crippen molar-refractivity contribution in [2.24, 2.45) is 11.8 Å². The van der Waals surface area contributed by atoms with Gasteiger partial charge in [0.25, 0.3) is 0 Å². The van der Waals surface area contributed by atoms with Crippen LogP contribution in [0.25, 0.3) is 0 Å². The summed E-state index contributed by atoms with van der Waals surface area (Å²) in [5.74, 6) is 2.28. The fraction of sp³-hybridized carbons (Fsp3) is 0.812. The molecule has 0 amide bonds. The Bertz CT molecular complexity index is 439. The molecule has 1 aromatic heterocycles. The summed E-state index contributed by atoms with van der Waals surface area (Å²) in [5.41, 5.74) is 1.27. The van der Waals surface area contributed by atoms with E-state index in [1.807, 2.05) is 11.3 Å². The zero-order chi connectivity index (χ0) is 14.9. The number of nitrogens with zero attached hydrogens (tertiary/aromatic N) is 2. The Labute approximate surface area is 127 Å². The first-order valence-corrected chi connectivity index (χ1v) is 8.64. The van der Waals surface area contributed by atoms with Crippen molar-refractivity contribution < 1.29 is 0 Å². The van der Waals surface area contributed by atoms with Crippen molar-refractivity contribution in [3.8, 4) is 0 Å². The third-order valence-electron chi connectivity index (χ3n) is 4.05. The second kappa shape index (κ2) is 6.44. The van der Waals surface area contributed by atoms with E-state index in [2.05, 4.69) is 51.9 Å². The Morgan fingerprint density at radius 2 is 2.00 bits per heavy atom. The Kier molecular flexibility index (Phi) is 5.08. The molecule has 1 aliphatic rings. The quantitative estimate of drug-likeness (QED) is 0.828. The van der Waals surface area contributed by atoms with E-state index in [1.165, 1.54) is 22.1 Å². The van der Waals surface area contributed by atoms with E-state index < -0.39 is 0 Å². The van der Waals surface area contributed by atoms with Gasteiger partial charge in [0.05, 0.1) is 5.69 Å². The van der Waals surface area contributed by atoms with Gasteiger partial charge in [-0.3, -0.25) is 0 Å². The fourth-order valence-corrected chi connectivity index (χ4v) is 3.61. The van der Waals surface area contributed by atoms with Crippen molar-refractivity contribution in [3.05, 3.63) is 10.6 Å². The zero-order valence-corrected chi connectivity index (χ0v) is 14.5. The monoisotopic (exact) mass is 295 g/mol. The van der Waals surface area contributed by atoms with Crippen molar-refractivity contribution in [1.29, 1.82) is 0 Å². The lowest BCUT2D eigenvalue weighted by molar-refractivity contribution is 0.588. The van der Waals surface area contributed by atoms with Gasteiger partial charge in [0, 0.05) is 31.1 Å². The molecule has 1 aromatic rings. The van der Waals surface area contributed by atoms with Gasteiger partial charge in [-0.05, 0) is 24.2 Å². The summed E-state index contributed by atoms with van der Waals surface area (Å²) < 4.78 is 0. The number of anilines is 1. The average molecular weight is 295 g/mol. The molecule has 1 heterocycles. The molecule has 0 aromatic carbocycles. The third kappa shape index (κ3) is 3.95. The van der Waals surface area contributed by atoms with E-state index in [1.54, 1.807) is 0 Å². The molecule has 1 aliphatic carbocycles. The van der Waals surface area contributed by atoms with Crippen LogP contribution in [0.5, 0.6) is 0 Å².